The Labute approximate surface area is 182 Å². The summed E-state index contributed by atoms with van der Waals surface area (Å²) in [6.07, 6.45) is 8.16. The maximum atomic E-state index is 12.0. The van der Waals surface area contributed by atoms with E-state index in [1.54, 1.807) is 0 Å². The summed E-state index contributed by atoms with van der Waals surface area (Å²) >= 11 is 0. The van der Waals surface area contributed by atoms with Gasteiger partial charge in [0, 0.05) is 37.8 Å². The number of carbonyl (C=O) groups is 3. The summed E-state index contributed by atoms with van der Waals surface area (Å²) < 4.78 is 16.7. The predicted octanol–water partition coefficient (Wildman–Crippen LogP) is 3.04. The molecule has 0 amide bonds. The van der Waals surface area contributed by atoms with Gasteiger partial charge in [-0.3, -0.25) is 9.59 Å². The van der Waals surface area contributed by atoms with Gasteiger partial charge in [0.25, 0.3) is 0 Å². The van der Waals surface area contributed by atoms with E-state index in [-0.39, 0.29) is 41.2 Å². The first-order chi connectivity index (χ1) is 14.5. The van der Waals surface area contributed by atoms with Crippen molar-refractivity contribution in [2.45, 2.75) is 83.5 Å². The molecule has 2 bridgehead atoms. The zero-order valence-corrected chi connectivity index (χ0v) is 18.6. The molecule has 0 aromatic rings. The lowest BCUT2D eigenvalue weighted by atomic mass is 9.44. The lowest BCUT2D eigenvalue weighted by Gasteiger charge is -2.61. The van der Waals surface area contributed by atoms with E-state index in [0.29, 0.717) is 18.8 Å². The first-order valence-electron chi connectivity index (χ1n) is 11.5. The maximum Gasteiger partial charge on any atom is 0.333 e. The van der Waals surface area contributed by atoms with Crippen LogP contribution in [-0.2, 0) is 28.6 Å². The first-order valence-corrected chi connectivity index (χ1v) is 11.5. The van der Waals surface area contributed by atoms with Gasteiger partial charge in [-0.1, -0.05) is 6.92 Å². The minimum atomic E-state index is -1.44. The molecule has 4 fully saturated rings. The summed E-state index contributed by atoms with van der Waals surface area (Å²) in [4.78, 5) is 35.6. The van der Waals surface area contributed by atoms with Crippen molar-refractivity contribution in [2.24, 2.45) is 28.6 Å². The molecule has 7 heteroatoms. The smallest absolute Gasteiger partial charge is 0.333 e. The molecule has 1 N–H and O–H groups in total. The molecule has 31 heavy (non-hydrogen) atoms. The Morgan fingerprint density at radius 2 is 1.94 bits per heavy atom. The monoisotopic (exact) mass is 432 g/mol. The Balaban J connectivity index is 1.49. The van der Waals surface area contributed by atoms with Crippen LogP contribution in [0.5, 0.6) is 0 Å². The molecule has 0 radical (unpaired) electrons. The molecular formula is C24H32O7. The molecule has 5 aliphatic rings. The Morgan fingerprint density at radius 1 is 1.16 bits per heavy atom. The second-order valence-electron chi connectivity index (χ2n) is 10.9. The molecule has 4 saturated carbocycles. The highest BCUT2D eigenvalue weighted by Gasteiger charge is 2.69. The Hall–Kier alpha value is -1.89. The molecule has 0 saturated heterocycles. The second kappa shape index (κ2) is 6.56. The van der Waals surface area contributed by atoms with E-state index in [2.05, 4.69) is 6.92 Å². The topological polar surface area (TPSA) is 99.1 Å². The number of esters is 3. The number of rotatable bonds is 3. The van der Waals surface area contributed by atoms with Gasteiger partial charge in [-0.25, -0.2) is 4.79 Å². The first kappa shape index (κ1) is 21.0. The third-order valence-corrected chi connectivity index (χ3v) is 9.35. The molecule has 0 aromatic carbocycles. The zero-order chi connectivity index (χ0) is 22.2. The number of hydrogen-bond acceptors (Lipinski definition) is 7. The average molecular weight is 433 g/mol. The zero-order valence-electron chi connectivity index (χ0n) is 18.6. The van der Waals surface area contributed by atoms with Gasteiger partial charge < -0.3 is 19.3 Å². The minimum Gasteiger partial charge on any atom is -0.462 e. The van der Waals surface area contributed by atoms with Crippen LogP contribution in [0.25, 0.3) is 0 Å². The van der Waals surface area contributed by atoms with Gasteiger partial charge in [-0.15, -0.1) is 0 Å². The van der Waals surface area contributed by atoms with Gasteiger partial charge in [-0.05, 0) is 67.6 Å². The largest absolute Gasteiger partial charge is 0.462 e. The number of fused-ring (bicyclic) bond motifs is 5. The highest BCUT2D eigenvalue weighted by molar-refractivity contribution is 5.86. The fourth-order valence-corrected chi connectivity index (χ4v) is 8.38. The number of carbonyl (C=O) groups excluding carboxylic acids is 3. The maximum absolute atomic E-state index is 12.0. The SMILES string of the molecule is CC(=O)OC[C@@]1(OC(C)=O)C[C@@]23CCC4C5=CC(=O)O[C@]5(O)CC[C@@]4(C)C2CC[C@@H]1C3. The molecule has 170 valence electrons. The summed E-state index contributed by atoms with van der Waals surface area (Å²) in [5.41, 5.74) is -0.0320. The van der Waals surface area contributed by atoms with Crippen LogP contribution >= 0.6 is 0 Å². The van der Waals surface area contributed by atoms with Gasteiger partial charge in [0.1, 0.15) is 12.2 Å². The van der Waals surface area contributed by atoms with Crippen molar-refractivity contribution in [3.63, 3.8) is 0 Å². The summed E-state index contributed by atoms with van der Waals surface area (Å²) in [6.45, 7) is 5.24. The Kier molecular flexibility index (Phi) is 4.44. The summed E-state index contributed by atoms with van der Waals surface area (Å²) in [7, 11) is 0. The average Bonchev–Trinajstić information content (AvgIpc) is 3.10. The van der Waals surface area contributed by atoms with Crippen molar-refractivity contribution in [2.75, 3.05) is 6.61 Å². The molecule has 4 aliphatic carbocycles. The minimum absolute atomic E-state index is 0.0171. The fourth-order valence-electron chi connectivity index (χ4n) is 8.38. The van der Waals surface area contributed by atoms with Crippen LogP contribution in [0.3, 0.4) is 0 Å². The lowest BCUT2D eigenvalue weighted by molar-refractivity contribution is -0.208. The van der Waals surface area contributed by atoms with Crippen molar-refractivity contribution in [3.05, 3.63) is 11.6 Å². The van der Waals surface area contributed by atoms with E-state index in [1.807, 2.05) is 0 Å². The highest BCUT2D eigenvalue weighted by atomic mass is 16.7. The molecule has 1 heterocycles. The highest BCUT2D eigenvalue weighted by Crippen LogP contribution is 2.72. The van der Waals surface area contributed by atoms with Gasteiger partial charge >= 0.3 is 17.9 Å². The Morgan fingerprint density at radius 3 is 2.65 bits per heavy atom. The quantitative estimate of drug-likeness (QED) is 0.540. The van der Waals surface area contributed by atoms with E-state index in [0.717, 1.165) is 44.1 Å². The van der Waals surface area contributed by atoms with E-state index in [4.69, 9.17) is 14.2 Å². The third-order valence-electron chi connectivity index (χ3n) is 9.35. The summed E-state index contributed by atoms with van der Waals surface area (Å²) in [5, 5.41) is 10.9. The summed E-state index contributed by atoms with van der Waals surface area (Å²) in [6, 6.07) is 0. The molecule has 7 nitrogen and oxygen atoms in total. The molecule has 5 rings (SSSR count). The van der Waals surface area contributed by atoms with E-state index in [1.165, 1.54) is 19.9 Å². The van der Waals surface area contributed by atoms with Crippen LogP contribution in [0.15, 0.2) is 11.6 Å². The van der Waals surface area contributed by atoms with Crippen LogP contribution < -0.4 is 0 Å². The van der Waals surface area contributed by atoms with Gasteiger partial charge in [0.2, 0.25) is 5.79 Å². The summed E-state index contributed by atoms with van der Waals surface area (Å²) in [5.74, 6) is -1.88. The van der Waals surface area contributed by atoms with E-state index in [9.17, 15) is 19.5 Å². The van der Waals surface area contributed by atoms with Gasteiger partial charge in [0.15, 0.2) is 0 Å². The number of ether oxygens (including phenoxy) is 3. The molecule has 1 aliphatic heterocycles. The number of aliphatic hydroxyl groups is 1. The molecule has 7 atom stereocenters. The van der Waals surface area contributed by atoms with Crippen LogP contribution in [0.4, 0.5) is 0 Å². The molecule has 1 spiro atoms. The van der Waals surface area contributed by atoms with Gasteiger partial charge in [-0.2, -0.15) is 0 Å². The Bertz CT molecular complexity index is 879. The normalized spacial score (nSPS) is 47.4. The third kappa shape index (κ3) is 2.91. The molecule has 0 aromatic heterocycles. The van der Waals surface area contributed by atoms with Crippen LogP contribution in [0.2, 0.25) is 0 Å². The van der Waals surface area contributed by atoms with Crippen molar-refractivity contribution < 1.29 is 33.7 Å². The fraction of sp³-hybridized carbons (Fsp3) is 0.792. The van der Waals surface area contributed by atoms with Crippen molar-refractivity contribution in [1.82, 2.24) is 0 Å². The van der Waals surface area contributed by atoms with Crippen molar-refractivity contribution in [3.8, 4) is 0 Å². The second-order valence-corrected chi connectivity index (χ2v) is 10.9. The van der Waals surface area contributed by atoms with Crippen molar-refractivity contribution >= 4 is 17.9 Å². The van der Waals surface area contributed by atoms with E-state index < -0.39 is 17.4 Å². The lowest BCUT2D eigenvalue weighted by Crippen LogP contribution is -2.56. The van der Waals surface area contributed by atoms with E-state index >= 15 is 0 Å². The van der Waals surface area contributed by atoms with Crippen molar-refractivity contribution in [1.29, 1.82) is 0 Å². The van der Waals surface area contributed by atoms with Crippen LogP contribution in [0, 0.1) is 28.6 Å². The molecule has 2 unspecified atom stereocenters. The standard InChI is InChI=1S/C24H32O7/c1-14(25)29-13-23(30-15(2)26)12-22-7-6-17-18-10-20(27)31-24(18,28)9-8-21(17,3)19(22)5-4-16(23)11-22/h10,16-17,19,28H,4-9,11-13H2,1-3H3/t16-,17?,19?,21-,22+,23+,24-/m1/s1. The van der Waals surface area contributed by atoms with Gasteiger partial charge in [0.05, 0.1) is 0 Å². The predicted molar refractivity (Wildman–Crippen MR) is 108 cm³/mol. The number of hydrogen-bond donors (Lipinski definition) is 1. The van der Waals surface area contributed by atoms with Crippen LogP contribution in [-0.4, -0.2) is 41.0 Å². The van der Waals surface area contributed by atoms with Crippen LogP contribution in [0.1, 0.15) is 72.1 Å². The molecular weight excluding hydrogens is 400 g/mol.